The molecule has 0 radical (unpaired) electrons. The van der Waals surface area contributed by atoms with Crippen molar-refractivity contribution < 1.29 is 19.1 Å². The molecule has 0 spiro atoms. The van der Waals surface area contributed by atoms with Gasteiger partial charge in [-0.2, -0.15) is 0 Å². The van der Waals surface area contributed by atoms with Crippen molar-refractivity contribution >= 4 is 17.5 Å². The van der Waals surface area contributed by atoms with Crippen molar-refractivity contribution in [3.8, 4) is 0 Å². The van der Waals surface area contributed by atoms with E-state index in [1.165, 1.54) is 11.1 Å². The first kappa shape index (κ1) is 18.1. The summed E-state index contributed by atoms with van der Waals surface area (Å²) in [5, 5.41) is 0. The van der Waals surface area contributed by atoms with Gasteiger partial charge in [-0.1, -0.05) is 42.0 Å². The predicted octanol–water partition coefficient (Wildman–Crippen LogP) is 3.87. The zero-order valence-corrected chi connectivity index (χ0v) is 14.9. The average molecular weight is 350 g/mol. The van der Waals surface area contributed by atoms with Gasteiger partial charge in [0.25, 0.3) is 0 Å². The summed E-state index contributed by atoms with van der Waals surface area (Å²) in [6.45, 7) is 1.67. The minimum atomic E-state index is -0.528. The highest BCUT2D eigenvalue weighted by molar-refractivity contribution is 5.99. The topological polar surface area (TPSA) is 60.4 Å². The molecule has 0 N–H and O–H groups in total. The number of esters is 1. The molecule has 4 heteroatoms. The average Bonchev–Trinajstić information content (AvgIpc) is 3.12. The fourth-order valence-corrected chi connectivity index (χ4v) is 3.15. The van der Waals surface area contributed by atoms with Gasteiger partial charge >= 0.3 is 5.97 Å². The molecular formula is C22H22O4. The molecule has 0 unspecified atom stereocenters. The number of benzene rings is 2. The molecule has 1 aliphatic rings. The lowest BCUT2D eigenvalue weighted by molar-refractivity contribution is -0.142. The molecule has 26 heavy (non-hydrogen) atoms. The smallest absolute Gasteiger partial charge is 0.306 e. The molecule has 0 saturated heterocycles. The van der Waals surface area contributed by atoms with Crippen LogP contribution in [-0.2, 0) is 22.4 Å². The maximum absolute atomic E-state index is 12.2. The first-order valence-electron chi connectivity index (χ1n) is 8.93. The maximum Gasteiger partial charge on any atom is 0.306 e. The van der Waals surface area contributed by atoms with Crippen LogP contribution in [0.1, 0.15) is 56.7 Å². The van der Waals surface area contributed by atoms with Gasteiger partial charge in [0.2, 0.25) is 0 Å². The van der Waals surface area contributed by atoms with Gasteiger partial charge < -0.3 is 4.74 Å². The minimum Gasteiger partial charge on any atom is -0.457 e. The maximum atomic E-state index is 12.2. The van der Waals surface area contributed by atoms with Gasteiger partial charge in [0.05, 0.1) is 6.42 Å². The van der Waals surface area contributed by atoms with E-state index in [2.05, 4.69) is 0 Å². The van der Waals surface area contributed by atoms with E-state index in [1.807, 2.05) is 31.2 Å². The van der Waals surface area contributed by atoms with E-state index in [-0.39, 0.29) is 31.0 Å². The molecule has 3 rings (SSSR count). The second kappa shape index (κ2) is 8.09. The number of aryl methyl sites for hydroxylation is 3. The van der Waals surface area contributed by atoms with Gasteiger partial charge in [-0.05, 0) is 43.4 Å². The Morgan fingerprint density at radius 2 is 1.54 bits per heavy atom. The first-order valence-corrected chi connectivity index (χ1v) is 8.93. The SMILES string of the molecule is Cc1ccc(C(=O)CCC(=O)OCC(=O)c2ccc3c(c2)CCC3)cc1. The van der Waals surface area contributed by atoms with Crippen molar-refractivity contribution in [3.05, 3.63) is 70.3 Å². The van der Waals surface area contributed by atoms with Crippen molar-refractivity contribution in [2.45, 2.75) is 39.0 Å². The van der Waals surface area contributed by atoms with Crippen LogP contribution in [0.3, 0.4) is 0 Å². The van der Waals surface area contributed by atoms with Crippen molar-refractivity contribution in [3.63, 3.8) is 0 Å². The molecule has 0 aromatic heterocycles. The zero-order chi connectivity index (χ0) is 18.5. The van der Waals surface area contributed by atoms with Gasteiger partial charge in [-0.15, -0.1) is 0 Å². The molecule has 0 fully saturated rings. The largest absolute Gasteiger partial charge is 0.457 e. The van der Waals surface area contributed by atoms with E-state index in [9.17, 15) is 14.4 Å². The molecule has 2 aromatic carbocycles. The molecule has 0 heterocycles. The fourth-order valence-electron chi connectivity index (χ4n) is 3.15. The van der Waals surface area contributed by atoms with Crippen LogP contribution < -0.4 is 0 Å². The number of hydrogen-bond acceptors (Lipinski definition) is 4. The third-order valence-electron chi connectivity index (χ3n) is 4.71. The van der Waals surface area contributed by atoms with E-state index in [0.717, 1.165) is 24.8 Å². The van der Waals surface area contributed by atoms with Gasteiger partial charge in [0.1, 0.15) is 0 Å². The van der Waals surface area contributed by atoms with Gasteiger partial charge in [0.15, 0.2) is 18.2 Å². The van der Waals surface area contributed by atoms with Crippen LogP contribution in [0.4, 0.5) is 0 Å². The lowest BCUT2D eigenvalue weighted by atomic mass is 10.0. The number of carbonyl (C=O) groups is 3. The van der Waals surface area contributed by atoms with Gasteiger partial charge in [-0.25, -0.2) is 0 Å². The molecule has 134 valence electrons. The van der Waals surface area contributed by atoms with E-state index >= 15 is 0 Å². The number of rotatable bonds is 7. The summed E-state index contributed by atoms with van der Waals surface area (Å²) in [6, 6.07) is 12.9. The Hall–Kier alpha value is -2.75. The van der Waals surface area contributed by atoms with Crippen LogP contribution in [0.5, 0.6) is 0 Å². The lowest BCUT2D eigenvalue weighted by Gasteiger charge is -2.06. The zero-order valence-electron chi connectivity index (χ0n) is 14.9. The summed E-state index contributed by atoms with van der Waals surface area (Å²) in [4.78, 5) is 36.1. The fraction of sp³-hybridized carbons (Fsp3) is 0.318. The third-order valence-corrected chi connectivity index (χ3v) is 4.71. The second-order valence-electron chi connectivity index (χ2n) is 6.71. The van der Waals surface area contributed by atoms with Crippen molar-refractivity contribution in [1.29, 1.82) is 0 Å². The highest BCUT2D eigenvalue weighted by Gasteiger charge is 2.16. The van der Waals surface area contributed by atoms with E-state index in [4.69, 9.17) is 4.74 Å². The van der Waals surface area contributed by atoms with Crippen LogP contribution in [0, 0.1) is 6.92 Å². The summed E-state index contributed by atoms with van der Waals surface area (Å²) in [5.41, 5.74) is 4.75. The van der Waals surface area contributed by atoms with Crippen molar-refractivity contribution in [2.75, 3.05) is 6.61 Å². The van der Waals surface area contributed by atoms with Crippen molar-refractivity contribution in [1.82, 2.24) is 0 Å². The van der Waals surface area contributed by atoms with Crippen molar-refractivity contribution in [2.24, 2.45) is 0 Å². The summed E-state index contributed by atoms with van der Waals surface area (Å²) in [5.74, 6) is -0.843. The molecule has 0 amide bonds. The van der Waals surface area contributed by atoms with Crippen LogP contribution in [0.2, 0.25) is 0 Å². The Bertz CT molecular complexity index is 834. The summed E-state index contributed by atoms with van der Waals surface area (Å²) < 4.78 is 5.04. The Morgan fingerprint density at radius 1 is 0.846 bits per heavy atom. The Morgan fingerprint density at radius 3 is 2.31 bits per heavy atom. The number of hydrogen-bond donors (Lipinski definition) is 0. The quantitative estimate of drug-likeness (QED) is 0.562. The standard InChI is InChI=1S/C22H22O4/c1-15-5-7-17(8-6-15)20(23)11-12-22(25)26-14-21(24)19-10-9-16-3-2-4-18(16)13-19/h5-10,13H,2-4,11-12,14H2,1H3. The van der Waals surface area contributed by atoms with E-state index in [0.29, 0.717) is 11.1 Å². The molecule has 2 aromatic rings. The summed E-state index contributed by atoms with van der Waals surface area (Å²) >= 11 is 0. The van der Waals surface area contributed by atoms with Crippen LogP contribution >= 0.6 is 0 Å². The molecule has 1 aliphatic carbocycles. The molecule has 0 aliphatic heterocycles. The summed E-state index contributed by atoms with van der Waals surface area (Å²) in [7, 11) is 0. The number of ketones is 2. The predicted molar refractivity (Wildman–Crippen MR) is 98.5 cm³/mol. The minimum absolute atomic E-state index is 0.0236. The number of ether oxygens (including phenoxy) is 1. The molecule has 0 saturated carbocycles. The first-order chi connectivity index (χ1) is 12.5. The molecule has 0 bridgehead atoms. The lowest BCUT2D eigenvalue weighted by Crippen LogP contribution is -2.15. The van der Waals surface area contributed by atoms with Crippen LogP contribution in [-0.4, -0.2) is 24.1 Å². The monoisotopic (exact) mass is 350 g/mol. The summed E-state index contributed by atoms with van der Waals surface area (Å²) in [6.07, 6.45) is 3.24. The molecule has 4 nitrogen and oxygen atoms in total. The number of carbonyl (C=O) groups excluding carboxylic acids is 3. The normalized spacial score (nSPS) is 12.5. The van der Waals surface area contributed by atoms with Crippen LogP contribution in [0.15, 0.2) is 42.5 Å². The van der Waals surface area contributed by atoms with Gasteiger partial charge in [0, 0.05) is 17.5 Å². The molecular weight excluding hydrogens is 328 g/mol. The van der Waals surface area contributed by atoms with E-state index in [1.54, 1.807) is 18.2 Å². The Balaban J connectivity index is 1.45. The molecule has 0 atom stereocenters. The number of Topliss-reactive ketones (excluding diaryl/α,β-unsaturated/α-hetero) is 2. The van der Waals surface area contributed by atoms with E-state index < -0.39 is 5.97 Å². The Kier molecular flexibility index (Phi) is 5.61. The highest BCUT2D eigenvalue weighted by atomic mass is 16.5. The Labute approximate surface area is 153 Å². The van der Waals surface area contributed by atoms with Gasteiger partial charge in [-0.3, -0.25) is 14.4 Å². The number of fused-ring (bicyclic) bond motifs is 1. The third kappa shape index (κ3) is 4.45. The highest BCUT2D eigenvalue weighted by Crippen LogP contribution is 2.23. The van der Waals surface area contributed by atoms with Crippen LogP contribution in [0.25, 0.3) is 0 Å². The second-order valence-corrected chi connectivity index (χ2v) is 6.71.